The fraction of sp³-hybridized carbons (Fsp3) is 0.0682. The predicted molar refractivity (Wildman–Crippen MR) is 229 cm³/mol. The number of primary amides is 3. The predicted octanol–water partition coefficient (Wildman–Crippen LogP) is 3.25. The number of carbonyl (C=O) groups excluding carboxylic acids is 3. The molecule has 21 heteroatoms. The lowest BCUT2D eigenvalue weighted by molar-refractivity contribution is 0.0986. The van der Waals surface area contributed by atoms with Gasteiger partial charge in [-0.25, -0.2) is 29.9 Å². The maximum absolute atomic E-state index is 11.5. The third-order valence-corrected chi connectivity index (χ3v) is 9.42. The molecule has 3 aliphatic rings. The average molecular weight is 864 g/mol. The van der Waals surface area contributed by atoms with E-state index in [0.717, 1.165) is 22.3 Å². The summed E-state index contributed by atoms with van der Waals surface area (Å²) < 4.78 is 0. The van der Waals surface area contributed by atoms with Crippen LogP contribution in [0.2, 0.25) is 0 Å². The summed E-state index contributed by atoms with van der Waals surface area (Å²) in [6.45, 7) is 6.01. The second kappa shape index (κ2) is 18.3. The van der Waals surface area contributed by atoms with Crippen LogP contribution in [0.25, 0.3) is 33.8 Å². The number of rotatable bonds is 8. The maximum atomic E-state index is 11.5. The van der Waals surface area contributed by atoms with Crippen molar-refractivity contribution in [1.29, 1.82) is 15.8 Å². The van der Waals surface area contributed by atoms with Gasteiger partial charge in [0.15, 0.2) is 34.2 Å². The van der Waals surface area contributed by atoms with Crippen LogP contribution in [-0.4, -0.2) is 83.2 Å². The Morgan fingerprint density at radius 3 is 1.20 bits per heavy atom. The van der Waals surface area contributed by atoms with Gasteiger partial charge in [0.05, 0.1) is 0 Å². The van der Waals surface area contributed by atoms with Crippen molar-refractivity contribution in [3.8, 4) is 52.0 Å². The first-order valence-corrected chi connectivity index (χ1v) is 18.9. The summed E-state index contributed by atoms with van der Waals surface area (Å²) in [5.74, 6) is -2.43. The highest BCUT2D eigenvalue weighted by molar-refractivity contribution is 6.24. The zero-order valence-electron chi connectivity index (χ0n) is 33.7. The first-order valence-electron chi connectivity index (χ1n) is 18.9. The highest BCUT2D eigenvalue weighted by atomic mass is 16.6. The second-order valence-corrected chi connectivity index (χ2v) is 13.2. The molecule has 0 bridgehead atoms. The molecular weight excluding hydrogens is 835 g/mol. The number of oxime groups is 3. The van der Waals surface area contributed by atoms with Crippen LogP contribution in [0.5, 0.6) is 0 Å². The van der Waals surface area contributed by atoms with Crippen LogP contribution in [-0.2, 0) is 9.68 Å². The van der Waals surface area contributed by atoms with Gasteiger partial charge >= 0.3 is 0 Å². The van der Waals surface area contributed by atoms with Crippen LogP contribution in [0, 0.1) is 34.0 Å². The van der Waals surface area contributed by atoms with Gasteiger partial charge in [0.25, 0.3) is 17.7 Å². The third-order valence-electron chi connectivity index (χ3n) is 9.42. The summed E-state index contributed by atoms with van der Waals surface area (Å²) >= 11 is 0. The molecule has 0 unspecified atom stereocenters. The lowest BCUT2D eigenvalue weighted by atomic mass is 10.1. The van der Waals surface area contributed by atoms with Crippen molar-refractivity contribution >= 4 is 34.9 Å². The molecular formula is C44H29N15O6. The van der Waals surface area contributed by atoms with Gasteiger partial charge < -0.3 is 32.1 Å². The van der Waals surface area contributed by atoms with Gasteiger partial charge in [-0.05, 0) is 6.92 Å². The SMILES string of the molecule is C=CCON=C1c2ccccc2-c2nc(C(N)=O)c(C#N)nc21.CCON=C1c2ccccc2-c2nc(C(N)=O)c(C#N)nc21.N#Cc1nc2c(nc1C(N)=O)-c1ccccc1C2=NO. The monoisotopic (exact) mass is 863 g/mol. The number of carbonyl (C=O) groups is 3. The van der Waals surface area contributed by atoms with Crippen LogP contribution in [0.15, 0.2) is 101 Å². The van der Waals surface area contributed by atoms with E-state index in [1.807, 2.05) is 67.6 Å². The Hall–Kier alpha value is -10.1. The number of fused-ring (bicyclic) bond motifs is 9. The second-order valence-electron chi connectivity index (χ2n) is 13.2. The Bertz CT molecular complexity index is 3250. The van der Waals surface area contributed by atoms with Crippen molar-refractivity contribution in [2.24, 2.45) is 32.7 Å². The van der Waals surface area contributed by atoms with E-state index in [4.69, 9.17) is 42.6 Å². The van der Waals surface area contributed by atoms with E-state index in [1.165, 1.54) is 0 Å². The Labute approximate surface area is 367 Å². The van der Waals surface area contributed by atoms with Crippen molar-refractivity contribution in [3.05, 3.63) is 153 Å². The van der Waals surface area contributed by atoms with Gasteiger partial charge in [-0.15, -0.1) is 0 Å². The highest BCUT2D eigenvalue weighted by Crippen LogP contribution is 2.37. The minimum Gasteiger partial charge on any atom is -0.410 e. The summed E-state index contributed by atoms with van der Waals surface area (Å²) in [6.07, 6.45) is 1.56. The quantitative estimate of drug-likeness (QED) is 0.0737. The molecule has 3 aromatic carbocycles. The fourth-order valence-corrected chi connectivity index (χ4v) is 6.75. The van der Waals surface area contributed by atoms with Gasteiger partial charge in [-0.1, -0.05) is 101 Å². The summed E-state index contributed by atoms with van der Waals surface area (Å²) in [5.41, 5.74) is 22.7. The van der Waals surface area contributed by atoms with E-state index in [1.54, 1.807) is 36.4 Å². The molecule has 9 rings (SSSR count). The molecule has 3 aliphatic carbocycles. The van der Waals surface area contributed by atoms with Crippen LogP contribution in [0.1, 0.15) is 89.2 Å². The third kappa shape index (κ3) is 7.87. The molecule has 0 spiro atoms. The Balaban J connectivity index is 0.000000146. The van der Waals surface area contributed by atoms with Crippen molar-refractivity contribution in [3.63, 3.8) is 0 Å². The van der Waals surface area contributed by atoms with E-state index in [0.29, 0.717) is 57.6 Å². The average Bonchev–Trinajstić information content (AvgIpc) is 3.93. The van der Waals surface area contributed by atoms with Crippen molar-refractivity contribution < 1.29 is 29.3 Å². The lowest BCUT2D eigenvalue weighted by Crippen LogP contribution is -2.18. The molecule has 0 fully saturated rings. The van der Waals surface area contributed by atoms with E-state index in [9.17, 15) is 19.6 Å². The van der Waals surface area contributed by atoms with Crippen LogP contribution in [0.4, 0.5) is 0 Å². The van der Waals surface area contributed by atoms with E-state index in [-0.39, 0.29) is 52.2 Å². The molecule has 3 heterocycles. The first kappa shape index (κ1) is 43.0. The van der Waals surface area contributed by atoms with E-state index >= 15 is 0 Å². The Morgan fingerprint density at radius 1 is 0.569 bits per heavy atom. The largest absolute Gasteiger partial charge is 0.410 e. The topological polar surface area (TPSA) is 354 Å². The van der Waals surface area contributed by atoms with E-state index in [2.05, 4.69) is 51.9 Å². The summed E-state index contributed by atoms with van der Waals surface area (Å²) in [5, 5.41) is 47.8. The number of aromatic nitrogens is 6. The van der Waals surface area contributed by atoms with Crippen molar-refractivity contribution in [2.45, 2.75) is 6.92 Å². The molecule has 0 atom stereocenters. The first-order chi connectivity index (χ1) is 31.5. The zero-order chi connectivity index (χ0) is 46.4. The van der Waals surface area contributed by atoms with Gasteiger partial charge in [0.2, 0.25) is 0 Å². The normalized spacial score (nSPS) is 13.4. The van der Waals surface area contributed by atoms with Gasteiger partial charge in [-0.3, -0.25) is 14.4 Å². The molecule has 21 nitrogen and oxygen atoms in total. The van der Waals surface area contributed by atoms with Gasteiger partial charge in [-0.2, -0.15) is 15.8 Å². The van der Waals surface area contributed by atoms with Crippen LogP contribution in [0.3, 0.4) is 0 Å². The molecule has 0 aliphatic heterocycles. The fourth-order valence-electron chi connectivity index (χ4n) is 6.75. The molecule has 0 radical (unpaired) electrons. The number of benzene rings is 3. The number of nitrogens with two attached hydrogens (primary N) is 3. The van der Waals surface area contributed by atoms with Crippen LogP contribution >= 0.6 is 0 Å². The van der Waals surface area contributed by atoms with Gasteiger partial charge in [0, 0.05) is 33.4 Å². The molecule has 6 aromatic rings. The van der Waals surface area contributed by atoms with E-state index < -0.39 is 17.7 Å². The smallest absolute Gasteiger partial charge is 0.270 e. The number of hydrogen-bond donors (Lipinski definition) is 4. The van der Waals surface area contributed by atoms with Gasteiger partial charge in [0.1, 0.15) is 82.7 Å². The molecule has 0 saturated heterocycles. The Morgan fingerprint density at radius 2 is 0.892 bits per heavy atom. The molecule has 316 valence electrons. The standard InChI is InChI=1S/C16H11N5O2.C15H11N5O2.C13H7N5O2/c1-2-7-23-21-13-10-6-4-3-5-9(10)12-15(13)19-11(8-17)14(20-12)16(18)22;1-2-22-20-12-9-6-4-3-5-8(9)11-14(12)18-10(7-16)13(19-11)15(17)21;14-5-8-11(13(15)19)17-9-6-3-1-2-4-7(6)10(18-20)12(9)16-8/h2-6H,1,7H2,(H2,18,22);3-6H,2H2,1H3,(H2,17,21);1-4,20H,(H2,15,19). The summed E-state index contributed by atoms with van der Waals surface area (Å²) in [6, 6.07) is 27.2. The molecule has 65 heavy (non-hydrogen) atoms. The number of hydrogen-bond acceptors (Lipinski definition) is 18. The highest BCUT2D eigenvalue weighted by Gasteiger charge is 2.33. The number of amides is 3. The molecule has 0 saturated carbocycles. The van der Waals surface area contributed by atoms with Crippen LogP contribution < -0.4 is 17.2 Å². The lowest BCUT2D eigenvalue weighted by Gasteiger charge is -2.03. The molecule has 3 aromatic heterocycles. The molecule has 7 N–H and O–H groups in total. The Kier molecular flexibility index (Phi) is 12.1. The van der Waals surface area contributed by atoms with Crippen molar-refractivity contribution in [2.75, 3.05) is 13.2 Å². The number of nitrogens with zero attached hydrogens (tertiary/aromatic N) is 12. The maximum Gasteiger partial charge on any atom is 0.270 e. The minimum absolute atomic E-state index is 0.122. The van der Waals surface area contributed by atoms with Crippen molar-refractivity contribution in [1.82, 2.24) is 29.9 Å². The summed E-state index contributed by atoms with van der Waals surface area (Å²) in [7, 11) is 0. The molecule has 3 amide bonds. The summed E-state index contributed by atoms with van der Waals surface area (Å²) in [4.78, 5) is 69.6. The zero-order valence-corrected chi connectivity index (χ0v) is 33.7. The minimum atomic E-state index is -0.830. The number of nitriles is 3.